The van der Waals surface area contributed by atoms with Gasteiger partial charge in [-0.3, -0.25) is 9.59 Å². The highest BCUT2D eigenvalue weighted by atomic mass is 35.5. The highest BCUT2D eigenvalue weighted by Crippen LogP contribution is 2.67. The summed E-state index contributed by atoms with van der Waals surface area (Å²) in [6, 6.07) is 3.32. The number of fused-ring (bicyclic) bond motifs is 5. The first-order valence-electron chi connectivity index (χ1n) is 12.8. The van der Waals surface area contributed by atoms with Crippen LogP contribution in [-0.4, -0.2) is 30.9 Å². The van der Waals surface area contributed by atoms with Crippen molar-refractivity contribution in [3.63, 3.8) is 0 Å². The van der Waals surface area contributed by atoms with Gasteiger partial charge >= 0.3 is 0 Å². The first-order valence-corrected chi connectivity index (χ1v) is 13.6. The van der Waals surface area contributed by atoms with Gasteiger partial charge in [-0.2, -0.15) is 0 Å². The van der Waals surface area contributed by atoms with Crippen LogP contribution in [0, 0.1) is 34.5 Å². The van der Waals surface area contributed by atoms with E-state index in [0.29, 0.717) is 45.7 Å². The van der Waals surface area contributed by atoms with E-state index in [9.17, 15) is 9.59 Å². The van der Waals surface area contributed by atoms with E-state index in [-0.39, 0.29) is 28.6 Å². The molecule has 0 aromatic heterocycles. The lowest BCUT2D eigenvalue weighted by Gasteiger charge is -2.59. The summed E-state index contributed by atoms with van der Waals surface area (Å²) in [6.07, 6.45) is 6.70. The van der Waals surface area contributed by atoms with Crippen LogP contribution in [0.4, 0.5) is 5.69 Å². The van der Waals surface area contributed by atoms with Crippen molar-refractivity contribution < 1.29 is 14.3 Å². The molecule has 3 aliphatic carbocycles. The number of anilines is 1. The second kappa shape index (κ2) is 8.69. The second-order valence-corrected chi connectivity index (χ2v) is 12.5. The summed E-state index contributed by atoms with van der Waals surface area (Å²) in [5.74, 6) is 2.34. The molecule has 1 aliphatic heterocycles. The van der Waals surface area contributed by atoms with Crippen LogP contribution in [0.25, 0.3) is 0 Å². The Morgan fingerprint density at radius 1 is 1.11 bits per heavy atom. The van der Waals surface area contributed by atoms with Crippen LogP contribution < -0.4 is 10.1 Å². The first kappa shape index (κ1) is 25.0. The SMILES string of the molecule is COc1cc(NC(=O)C2CC[C@H]3[C@@H]4CC(C)=C5N(C)C(=O)CC[C@]5(C)[C@@H]4CC[C@]23C)c(Cl)cc1Cl. The van der Waals surface area contributed by atoms with Gasteiger partial charge < -0.3 is 15.0 Å². The Bertz CT molecular complexity index is 1120. The van der Waals surface area contributed by atoms with Crippen LogP contribution in [-0.2, 0) is 9.59 Å². The number of hydrogen-bond donors (Lipinski definition) is 1. The van der Waals surface area contributed by atoms with Crippen LogP contribution in [0.2, 0.25) is 10.0 Å². The van der Waals surface area contributed by atoms with Gasteiger partial charge in [-0.1, -0.05) is 42.6 Å². The fraction of sp³-hybridized carbons (Fsp3) is 0.643. The minimum Gasteiger partial charge on any atom is -0.495 e. The Morgan fingerprint density at radius 2 is 1.86 bits per heavy atom. The highest BCUT2D eigenvalue weighted by molar-refractivity contribution is 6.37. The van der Waals surface area contributed by atoms with E-state index in [1.807, 2.05) is 11.9 Å². The lowest BCUT2D eigenvalue weighted by Crippen LogP contribution is -2.54. The van der Waals surface area contributed by atoms with Crippen LogP contribution >= 0.6 is 23.2 Å². The van der Waals surface area contributed by atoms with E-state index in [4.69, 9.17) is 27.9 Å². The number of rotatable bonds is 3. The standard InChI is InChI=1S/C28H36Cl2N2O3/c1-15-12-16-17-6-7-19(26(34)31-22-14-23(35-5)21(30)13-20(22)29)27(17,2)10-8-18(16)28(3)11-9-24(33)32(4)25(15)28/h13-14,16-19H,6-12H2,1-5H3,(H,31,34)/t16-,17-,18+,19?,27-,28+/m0/s1. The van der Waals surface area contributed by atoms with Gasteiger partial charge in [0.1, 0.15) is 5.75 Å². The summed E-state index contributed by atoms with van der Waals surface area (Å²) in [5, 5.41) is 3.93. The number of ether oxygens (including phenoxy) is 1. The topological polar surface area (TPSA) is 58.6 Å². The molecule has 1 heterocycles. The maximum absolute atomic E-state index is 13.6. The Hall–Kier alpha value is -1.72. The molecule has 1 saturated heterocycles. The summed E-state index contributed by atoms with van der Waals surface area (Å²) < 4.78 is 5.32. The molecule has 190 valence electrons. The van der Waals surface area contributed by atoms with E-state index < -0.39 is 0 Å². The van der Waals surface area contributed by atoms with Crippen molar-refractivity contribution in [1.29, 1.82) is 0 Å². The number of carbonyl (C=O) groups excluding carboxylic acids is 2. The minimum absolute atomic E-state index is 0.0395. The maximum Gasteiger partial charge on any atom is 0.228 e. The summed E-state index contributed by atoms with van der Waals surface area (Å²) in [4.78, 5) is 28.1. The number of likely N-dealkylation sites (tertiary alicyclic amines) is 1. The number of methoxy groups -OCH3 is 1. The van der Waals surface area contributed by atoms with Crippen molar-refractivity contribution in [2.75, 3.05) is 19.5 Å². The number of halogens is 2. The molecule has 6 atom stereocenters. The molecule has 0 bridgehead atoms. The third-order valence-corrected chi connectivity index (χ3v) is 10.7. The summed E-state index contributed by atoms with van der Waals surface area (Å²) in [7, 11) is 3.51. The number of carbonyl (C=O) groups is 2. The fourth-order valence-corrected chi connectivity index (χ4v) is 9.05. The lowest BCUT2D eigenvalue weighted by atomic mass is 9.48. The zero-order chi connectivity index (χ0) is 25.3. The molecule has 2 amide bonds. The normalized spacial score (nSPS) is 36.4. The molecule has 0 radical (unpaired) electrons. The first-order chi connectivity index (χ1) is 16.5. The molecule has 1 aromatic carbocycles. The Labute approximate surface area is 218 Å². The smallest absolute Gasteiger partial charge is 0.228 e. The van der Waals surface area contributed by atoms with E-state index in [2.05, 4.69) is 26.1 Å². The quantitative estimate of drug-likeness (QED) is 0.471. The van der Waals surface area contributed by atoms with E-state index >= 15 is 0 Å². The number of nitrogens with zero attached hydrogens (tertiary/aromatic N) is 1. The lowest BCUT2D eigenvalue weighted by molar-refractivity contribution is -0.137. The molecule has 4 aliphatic rings. The van der Waals surface area contributed by atoms with Crippen LogP contribution in [0.3, 0.4) is 0 Å². The highest BCUT2D eigenvalue weighted by Gasteiger charge is 2.61. The second-order valence-electron chi connectivity index (χ2n) is 11.7. The monoisotopic (exact) mass is 518 g/mol. The van der Waals surface area contributed by atoms with Gasteiger partial charge in [-0.25, -0.2) is 0 Å². The molecule has 1 unspecified atom stereocenters. The van der Waals surface area contributed by atoms with Gasteiger partial charge in [0.25, 0.3) is 0 Å². The predicted molar refractivity (Wildman–Crippen MR) is 140 cm³/mol. The minimum atomic E-state index is -0.0553. The van der Waals surface area contributed by atoms with Crippen molar-refractivity contribution in [3.05, 3.63) is 33.4 Å². The predicted octanol–water partition coefficient (Wildman–Crippen LogP) is 6.94. The van der Waals surface area contributed by atoms with Crippen molar-refractivity contribution in [3.8, 4) is 5.75 Å². The average Bonchev–Trinajstić information content (AvgIpc) is 3.16. The van der Waals surface area contributed by atoms with Crippen molar-refractivity contribution in [2.24, 2.45) is 34.5 Å². The Balaban J connectivity index is 1.41. The molecule has 0 spiro atoms. The van der Waals surface area contributed by atoms with E-state index in [1.165, 1.54) is 11.3 Å². The zero-order valence-electron chi connectivity index (χ0n) is 21.3. The number of piperidine rings is 1. The molecule has 5 rings (SSSR count). The number of amides is 2. The number of nitrogens with one attached hydrogen (secondary N) is 1. The molecule has 3 fully saturated rings. The van der Waals surface area contributed by atoms with Crippen molar-refractivity contribution in [1.82, 2.24) is 4.90 Å². The van der Waals surface area contributed by atoms with Gasteiger partial charge in [-0.15, -0.1) is 0 Å². The van der Waals surface area contributed by atoms with Gasteiger partial charge in [0.05, 0.1) is 22.8 Å². The summed E-state index contributed by atoms with van der Waals surface area (Å²) >= 11 is 12.6. The molecule has 2 saturated carbocycles. The molecule has 1 N–H and O–H groups in total. The van der Waals surface area contributed by atoms with Gasteiger partial charge in [0.15, 0.2) is 0 Å². The molecule has 1 aromatic rings. The summed E-state index contributed by atoms with van der Waals surface area (Å²) in [5.41, 5.74) is 3.18. The fourth-order valence-electron chi connectivity index (χ4n) is 8.54. The van der Waals surface area contributed by atoms with Crippen molar-refractivity contribution in [2.45, 2.75) is 65.7 Å². The molecular formula is C28H36Cl2N2O3. The zero-order valence-corrected chi connectivity index (χ0v) is 22.9. The van der Waals surface area contributed by atoms with Crippen LogP contribution in [0.1, 0.15) is 65.7 Å². The van der Waals surface area contributed by atoms with Gasteiger partial charge in [-0.05, 0) is 74.7 Å². The third-order valence-electron chi connectivity index (χ3n) is 10.1. The number of benzene rings is 1. The van der Waals surface area contributed by atoms with Gasteiger partial charge in [0.2, 0.25) is 11.8 Å². The van der Waals surface area contributed by atoms with Gasteiger partial charge in [0, 0.05) is 36.6 Å². The third kappa shape index (κ3) is 3.71. The number of allylic oxidation sites excluding steroid dienone is 2. The Kier molecular flexibility index (Phi) is 6.20. The number of hydrogen-bond acceptors (Lipinski definition) is 3. The molecule has 7 heteroatoms. The van der Waals surface area contributed by atoms with E-state index in [0.717, 1.165) is 38.5 Å². The largest absolute Gasteiger partial charge is 0.495 e. The van der Waals surface area contributed by atoms with Crippen LogP contribution in [0.5, 0.6) is 5.75 Å². The van der Waals surface area contributed by atoms with E-state index in [1.54, 1.807) is 19.2 Å². The maximum atomic E-state index is 13.6. The van der Waals surface area contributed by atoms with Crippen LogP contribution in [0.15, 0.2) is 23.4 Å². The molecular weight excluding hydrogens is 483 g/mol. The van der Waals surface area contributed by atoms with Crippen molar-refractivity contribution >= 4 is 40.7 Å². The summed E-state index contributed by atoms with van der Waals surface area (Å²) in [6.45, 7) is 6.95. The average molecular weight is 520 g/mol. The Morgan fingerprint density at radius 3 is 2.57 bits per heavy atom. The molecule has 5 nitrogen and oxygen atoms in total. The molecule has 35 heavy (non-hydrogen) atoms.